The Morgan fingerprint density at radius 3 is 2.63 bits per heavy atom. The third-order valence-corrected chi connectivity index (χ3v) is 3.56. The molecule has 0 bridgehead atoms. The first kappa shape index (κ1) is 13.7. The van der Waals surface area contributed by atoms with Crippen molar-refractivity contribution in [3.8, 4) is 0 Å². The maximum Gasteiger partial charge on any atom is 0.312 e. The summed E-state index contributed by atoms with van der Waals surface area (Å²) in [5.41, 5.74) is 1.23. The number of pyridine rings is 1. The van der Waals surface area contributed by atoms with Crippen molar-refractivity contribution in [2.24, 2.45) is 0 Å². The fraction of sp³-hybridized carbons (Fsp3) is 0.143. The molecule has 0 spiro atoms. The van der Waals surface area contributed by atoms with Crippen LogP contribution in [0.1, 0.15) is 17.2 Å². The van der Waals surface area contributed by atoms with Gasteiger partial charge < -0.3 is 5.11 Å². The van der Waals surface area contributed by atoms with E-state index in [1.165, 1.54) is 12.1 Å². The van der Waals surface area contributed by atoms with Crippen molar-refractivity contribution < 1.29 is 14.3 Å². The number of hydrogen-bond acceptors (Lipinski definition) is 2. The summed E-state index contributed by atoms with van der Waals surface area (Å²) >= 11 is 3.38. The molecular formula is C14H11BrFNO2. The molecule has 0 amide bonds. The predicted molar refractivity (Wildman–Crippen MR) is 72.4 cm³/mol. The van der Waals surface area contributed by atoms with Gasteiger partial charge in [-0.05, 0) is 30.2 Å². The van der Waals surface area contributed by atoms with E-state index in [0.29, 0.717) is 12.1 Å². The molecule has 1 aromatic heterocycles. The molecule has 1 unspecified atom stereocenters. The van der Waals surface area contributed by atoms with Gasteiger partial charge in [-0.25, -0.2) is 4.39 Å². The number of rotatable bonds is 4. The van der Waals surface area contributed by atoms with Crippen molar-refractivity contribution in [1.82, 2.24) is 4.98 Å². The molecule has 0 aliphatic rings. The van der Waals surface area contributed by atoms with Crippen molar-refractivity contribution in [3.63, 3.8) is 0 Å². The molecule has 3 nitrogen and oxygen atoms in total. The molecule has 0 aliphatic carbocycles. The number of nitrogens with zero attached hydrogens (tertiary/aromatic N) is 1. The molecule has 0 saturated heterocycles. The van der Waals surface area contributed by atoms with E-state index in [2.05, 4.69) is 20.9 Å². The van der Waals surface area contributed by atoms with Gasteiger partial charge in [0.25, 0.3) is 0 Å². The lowest BCUT2D eigenvalue weighted by molar-refractivity contribution is -0.138. The lowest BCUT2D eigenvalue weighted by Gasteiger charge is -2.13. The van der Waals surface area contributed by atoms with E-state index in [9.17, 15) is 14.3 Å². The smallest absolute Gasteiger partial charge is 0.312 e. The largest absolute Gasteiger partial charge is 0.481 e. The first-order valence-corrected chi connectivity index (χ1v) is 6.45. The summed E-state index contributed by atoms with van der Waals surface area (Å²) in [5.74, 6) is -2.25. The van der Waals surface area contributed by atoms with E-state index in [-0.39, 0.29) is 0 Å². The molecule has 5 heteroatoms. The zero-order valence-electron chi connectivity index (χ0n) is 9.88. The van der Waals surface area contributed by atoms with Crippen molar-refractivity contribution in [2.45, 2.75) is 12.3 Å². The quantitative estimate of drug-likeness (QED) is 0.938. The van der Waals surface area contributed by atoms with Crippen LogP contribution in [0.3, 0.4) is 0 Å². The first-order valence-electron chi connectivity index (χ1n) is 5.65. The Morgan fingerprint density at radius 1 is 1.32 bits per heavy atom. The van der Waals surface area contributed by atoms with Crippen LogP contribution in [0.15, 0.2) is 47.1 Å². The third-order valence-electron chi connectivity index (χ3n) is 2.79. The number of carboxylic acid groups (broad SMARTS) is 1. The molecule has 0 radical (unpaired) electrons. The van der Waals surface area contributed by atoms with Gasteiger partial charge in [0.05, 0.1) is 11.9 Å². The van der Waals surface area contributed by atoms with Crippen LogP contribution >= 0.6 is 15.9 Å². The highest BCUT2D eigenvalue weighted by molar-refractivity contribution is 9.10. The molecule has 1 N–H and O–H groups in total. The number of hydrogen-bond donors (Lipinski definition) is 1. The second kappa shape index (κ2) is 5.93. The van der Waals surface area contributed by atoms with Crippen molar-refractivity contribution in [1.29, 1.82) is 0 Å². The summed E-state index contributed by atoms with van der Waals surface area (Å²) in [7, 11) is 0. The fourth-order valence-corrected chi connectivity index (χ4v) is 2.24. The van der Waals surface area contributed by atoms with Gasteiger partial charge >= 0.3 is 5.97 Å². The average molecular weight is 324 g/mol. The molecule has 0 fully saturated rings. The first-order chi connectivity index (χ1) is 9.08. The standard InChI is InChI=1S/C14H11BrFNO2/c15-12-4-2-1-3-9(12)7-11(14(18)19)13-6-5-10(16)8-17-13/h1-6,8,11H,7H2,(H,18,19). The Labute approximate surface area is 118 Å². The molecule has 98 valence electrons. The number of benzene rings is 1. The van der Waals surface area contributed by atoms with Crippen LogP contribution in [0.4, 0.5) is 4.39 Å². The van der Waals surface area contributed by atoms with E-state index in [1.54, 1.807) is 0 Å². The molecule has 19 heavy (non-hydrogen) atoms. The molecule has 2 aromatic rings. The Bertz CT molecular complexity index is 586. The zero-order chi connectivity index (χ0) is 13.8. The molecule has 1 atom stereocenters. The summed E-state index contributed by atoms with van der Waals surface area (Å²) < 4.78 is 13.7. The molecule has 0 aliphatic heterocycles. The van der Waals surface area contributed by atoms with Gasteiger partial charge in [-0.2, -0.15) is 0 Å². The summed E-state index contributed by atoms with van der Waals surface area (Å²) in [5, 5.41) is 9.30. The minimum Gasteiger partial charge on any atom is -0.481 e. The SMILES string of the molecule is O=C(O)C(Cc1ccccc1Br)c1ccc(F)cn1. The van der Waals surface area contributed by atoms with Crippen molar-refractivity contribution >= 4 is 21.9 Å². The number of aromatic nitrogens is 1. The molecule has 0 saturated carbocycles. The van der Waals surface area contributed by atoms with Crippen LogP contribution in [-0.2, 0) is 11.2 Å². The topological polar surface area (TPSA) is 50.2 Å². The Kier molecular flexibility index (Phi) is 4.27. The summed E-state index contributed by atoms with van der Waals surface area (Å²) in [6, 6.07) is 10.0. The van der Waals surface area contributed by atoms with Gasteiger partial charge in [-0.1, -0.05) is 34.1 Å². The van der Waals surface area contributed by atoms with Gasteiger partial charge in [-0.15, -0.1) is 0 Å². The maximum atomic E-state index is 12.8. The number of aliphatic carboxylic acids is 1. The molecular weight excluding hydrogens is 313 g/mol. The second-order valence-electron chi connectivity index (χ2n) is 4.09. The van der Waals surface area contributed by atoms with Crippen molar-refractivity contribution in [3.05, 3.63) is 64.1 Å². The highest BCUT2D eigenvalue weighted by Gasteiger charge is 2.22. The van der Waals surface area contributed by atoms with E-state index in [1.807, 2.05) is 24.3 Å². The summed E-state index contributed by atoms with van der Waals surface area (Å²) in [6.45, 7) is 0. The number of carboxylic acids is 1. The van der Waals surface area contributed by atoms with Gasteiger partial charge in [-0.3, -0.25) is 9.78 Å². The van der Waals surface area contributed by atoms with Crippen LogP contribution in [0.5, 0.6) is 0 Å². The highest BCUT2D eigenvalue weighted by atomic mass is 79.9. The van der Waals surface area contributed by atoms with Gasteiger partial charge in [0.1, 0.15) is 11.7 Å². The fourth-order valence-electron chi connectivity index (χ4n) is 1.80. The highest BCUT2D eigenvalue weighted by Crippen LogP contribution is 2.24. The lowest BCUT2D eigenvalue weighted by atomic mass is 9.96. The summed E-state index contributed by atoms with van der Waals surface area (Å²) in [6.07, 6.45) is 1.33. The molecule has 2 rings (SSSR count). The summed E-state index contributed by atoms with van der Waals surface area (Å²) in [4.78, 5) is 15.2. The van der Waals surface area contributed by atoms with Crippen molar-refractivity contribution in [2.75, 3.05) is 0 Å². The molecule has 1 heterocycles. The normalized spacial score (nSPS) is 12.1. The average Bonchev–Trinajstić information content (AvgIpc) is 2.39. The maximum absolute atomic E-state index is 12.8. The van der Waals surface area contributed by atoms with E-state index >= 15 is 0 Å². The Balaban J connectivity index is 2.29. The van der Waals surface area contributed by atoms with E-state index < -0.39 is 17.7 Å². The second-order valence-corrected chi connectivity index (χ2v) is 4.94. The Hall–Kier alpha value is -1.75. The van der Waals surface area contributed by atoms with Crippen LogP contribution in [-0.4, -0.2) is 16.1 Å². The third kappa shape index (κ3) is 3.38. The minimum atomic E-state index is -0.977. The lowest BCUT2D eigenvalue weighted by Crippen LogP contribution is -2.16. The monoisotopic (exact) mass is 323 g/mol. The van der Waals surface area contributed by atoms with Crippen LogP contribution in [0.25, 0.3) is 0 Å². The zero-order valence-corrected chi connectivity index (χ0v) is 11.5. The Morgan fingerprint density at radius 2 is 2.05 bits per heavy atom. The van der Waals surface area contributed by atoms with Crippen LogP contribution in [0, 0.1) is 5.82 Å². The van der Waals surface area contributed by atoms with Crippen LogP contribution in [0.2, 0.25) is 0 Å². The number of carbonyl (C=O) groups is 1. The minimum absolute atomic E-state index is 0.301. The van der Waals surface area contributed by atoms with Crippen LogP contribution < -0.4 is 0 Å². The van der Waals surface area contributed by atoms with E-state index in [4.69, 9.17) is 0 Å². The van der Waals surface area contributed by atoms with Gasteiger partial charge in [0.15, 0.2) is 0 Å². The van der Waals surface area contributed by atoms with Gasteiger partial charge in [0.2, 0.25) is 0 Å². The predicted octanol–water partition coefficient (Wildman–Crippen LogP) is 3.39. The van der Waals surface area contributed by atoms with Gasteiger partial charge in [0, 0.05) is 4.47 Å². The van der Waals surface area contributed by atoms with E-state index in [0.717, 1.165) is 16.2 Å². The molecule has 1 aromatic carbocycles. The number of halogens is 2.